The van der Waals surface area contributed by atoms with Crippen molar-refractivity contribution in [3.8, 4) is 0 Å². The standard InChI is InChI=1S/C13H23N3O2/c1-5-7-12(13(17)18-6-2)14-8-11-9-15-16(4)10(11)3/h9,12,14H,5-8H2,1-4H3. The molecule has 102 valence electrons. The van der Waals surface area contributed by atoms with Gasteiger partial charge in [0.25, 0.3) is 0 Å². The van der Waals surface area contributed by atoms with E-state index < -0.39 is 0 Å². The number of nitrogens with one attached hydrogen (secondary N) is 1. The highest BCUT2D eigenvalue weighted by Gasteiger charge is 2.18. The Morgan fingerprint density at radius 3 is 2.78 bits per heavy atom. The van der Waals surface area contributed by atoms with Crippen LogP contribution in [0.4, 0.5) is 0 Å². The van der Waals surface area contributed by atoms with E-state index in [2.05, 4.69) is 17.3 Å². The van der Waals surface area contributed by atoms with Crippen LogP contribution in [0, 0.1) is 6.92 Å². The molecule has 5 nitrogen and oxygen atoms in total. The number of aryl methyl sites for hydroxylation is 1. The second kappa shape index (κ2) is 7.16. The summed E-state index contributed by atoms with van der Waals surface area (Å²) >= 11 is 0. The molecule has 1 unspecified atom stereocenters. The maximum atomic E-state index is 11.7. The topological polar surface area (TPSA) is 56.2 Å². The van der Waals surface area contributed by atoms with E-state index in [-0.39, 0.29) is 12.0 Å². The van der Waals surface area contributed by atoms with Gasteiger partial charge >= 0.3 is 5.97 Å². The zero-order valence-corrected chi connectivity index (χ0v) is 11.7. The number of esters is 1. The number of nitrogens with zero attached hydrogens (tertiary/aromatic N) is 2. The number of carbonyl (C=O) groups is 1. The highest BCUT2D eigenvalue weighted by atomic mass is 16.5. The molecule has 0 aliphatic rings. The van der Waals surface area contributed by atoms with Crippen LogP contribution in [0.3, 0.4) is 0 Å². The third-order valence-electron chi connectivity index (χ3n) is 3.02. The van der Waals surface area contributed by atoms with E-state index >= 15 is 0 Å². The monoisotopic (exact) mass is 253 g/mol. The predicted molar refractivity (Wildman–Crippen MR) is 70.1 cm³/mol. The Morgan fingerprint density at radius 1 is 1.56 bits per heavy atom. The van der Waals surface area contributed by atoms with Crippen LogP contribution in [0.1, 0.15) is 37.9 Å². The Hall–Kier alpha value is -1.36. The SMILES string of the molecule is CCCC(NCc1cnn(C)c1C)C(=O)OCC. The molecule has 0 amide bonds. The lowest BCUT2D eigenvalue weighted by Crippen LogP contribution is -2.37. The molecule has 0 saturated carbocycles. The number of carbonyl (C=O) groups excluding carboxylic acids is 1. The first-order chi connectivity index (χ1) is 8.60. The quantitative estimate of drug-likeness (QED) is 0.749. The minimum atomic E-state index is -0.227. The average Bonchev–Trinajstić information content (AvgIpc) is 2.66. The first-order valence-corrected chi connectivity index (χ1v) is 6.47. The summed E-state index contributed by atoms with van der Waals surface area (Å²) in [6, 6.07) is -0.227. The van der Waals surface area contributed by atoms with Crippen LogP contribution in [-0.2, 0) is 23.1 Å². The number of hydrogen-bond acceptors (Lipinski definition) is 4. The Bertz CT molecular complexity index is 388. The Balaban J connectivity index is 2.56. The summed E-state index contributed by atoms with van der Waals surface area (Å²) in [5, 5.41) is 7.43. The number of aromatic nitrogens is 2. The van der Waals surface area contributed by atoms with Crippen LogP contribution in [0.5, 0.6) is 0 Å². The highest BCUT2D eigenvalue weighted by molar-refractivity contribution is 5.75. The van der Waals surface area contributed by atoms with Crippen LogP contribution in [0.2, 0.25) is 0 Å². The largest absolute Gasteiger partial charge is 0.465 e. The molecule has 0 fully saturated rings. The van der Waals surface area contributed by atoms with Gasteiger partial charge in [0.15, 0.2) is 0 Å². The van der Waals surface area contributed by atoms with Crippen LogP contribution in [0.15, 0.2) is 6.20 Å². The van der Waals surface area contributed by atoms with E-state index in [1.165, 1.54) is 0 Å². The Morgan fingerprint density at radius 2 is 2.28 bits per heavy atom. The molecule has 0 saturated heterocycles. The van der Waals surface area contributed by atoms with Gasteiger partial charge in [-0.25, -0.2) is 0 Å². The molecule has 18 heavy (non-hydrogen) atoms. The van der Waals surface area contributed by atoms with Crippen molar-refractivity contribution in [2.45, 2.75) is 46.2 Å². The summed E-state index contributed by atoms with van der Waals surface area (Å²) in [6.07, 6.45) is 3.57. The lowest BCUT2D eigenvalue weighted by molar-refractivity contribution is -0.145. The number of ether oxygens (including phenoxy) is 1. The molecule has 0 aromatic carbocycles. The molecular weight excluding hydrogens is 230 g/mol. The fourth-order valence-electron chi connectivity index (χ4n) is 1.79. The fourth-order valence-corrected chi connectivity index (χ4v) is 1.79. The van der Waals surface area contributed by atoms with Gasteiger partial charge in [-0.15, -0.1) is 0 Å². The molecule has 1 N–H and O–H groups in total. The van der Waals surface area contributed by atoms with Gasteiger partial charge in [0.05, 0.1) is 12.8 Å². The highest BCUT2D eigenvalue weighted by Crippen LogP contribution is 2.07. The maximum Gasteiger partial charge on any atom is 0.323 e. The Kier molecular flexibility index (Phi) is 5.85. The van der Waals surface area contributed by atoms with Crippen molar-refractivity contribution >= 4 is 5.97 Å². The van der Waals surface area contributed by atoms with Crippen molar-refractivity contribution in [1.29, 1.82) is 0 Å². The molecule has 0 radical (unpaired) electrons. The molecular formula is C13H23N3O2. The summed E-state index contributed by atoms with van der Waals surface area (Å²) in [5.41, 5.74) is 2.23. The zero-order valence-electron chi connectivity index (χ0n) is 11.7. The maximum absolute atomic E-state index is 11.7. The zero-order chi connectivity index (χ0) is 13.5. The summed E-state index contributed by atoms with van der Waals surface area (Å²) in [6.45, 7) is 6.97. The van der Waals surface area contributed by atoms with E-state index in [4.69, 9.17) is 4.74 Å². The van der Waals surface area contributed by atoms with Crippen molar-refractivity contribution in [1.82, 2.24) is 15.1 Å². The van der Waals surface area contributed by atoms with Crippen molar-refractivity contribution in [3.63, 3.8) is 0 Å². The lowest BCUT2D eigenvalue weighted by Gasteiger charge is -2.16. The summed E-state index contributed by atoms with van der Waals surface area (Å²) in [4.78, 5) is 11.7. The molecule has 1 atom stereocenters. The van der Waals surface area contributed by atoms with Gasteiger partial charge in [-0.3, -0.25) is 9.48 Å². The van der Waals surface area contributed by atoms with Crippen LogP contribution >= 0.6 is 0 Å². The van der Waals surface area contributed by atoms with Gasteiger partial charge in [-0.2, -0.15) is 5.10 Å². The van der Waals surface area contributed by atoms with Crippen LogP contribution in [-0.4, -0.2) is 28.4 Å². The van der Waals surface area contributed by atoms with E-state index in [1.807, 2.05) is 31.8 Å². The summed E-state index contributed by atoms with van der Waals surface area (Å²) in [7, 11) is 1.91. The van der Waals surface area contributed by atoms with Gasteiger partial charge in [0, 0.05) is 24.8 Å². The van der Waals surface area contributed by atoms with Gasteiger partial charge in [0.2, 0.25) is 0 Å². The van der Waals surface area contributed by atoms with Gasteiger partial charge in [-0.05, 0) is 20.3 Å². The second-order valence-electron chi connectivity index (χ2n) is 4.35. The minimum Gasteiger partial charge on any atom is -0.465 e. The average molecular weight is 253 g/mol. The molecule has 5 heteroatoms. The van der Waals surface area contributed by atoms with Crippen molar-refractivity contribution in [3.05, 3.63) is 17.5 Å². The van der Waals surface area contributed by atoms with Gasteiger partial charge < -0.3 is 10.1 Å². The minimum absolute atomic E-state index is 0.166. The van der Waals surface area contributed by atoms with Crippen LogP contribution in [0.25, 0.3) is 0 Å². The van der Waals surface area contributed by atoms with Crippen LogP contribution < -0.4 is 5.32 Å². The van der Waals surface area contributed by atoms with Gasteiger partial charge in [0.1, 0.15) is 6.04 Å². The first kappa shape index (κ1) is 14.7. The molecule has 0 bridgehead atoms. The molecule has 0 aliphatic carbocycles. The third-order valence-corrected chi connectivity index (χ3v) is 3.02. The van der Waals surface area contributed by atoms with E-state index in [0.29, 0.717) is 13.2 Å². The number of rotatable bonds is 7. The molecule has 0 spiro atoms. The van der Waals surface area contributed by atoms with E-state index in [1.54, 1.807) is 0 Å². The Labute approximate surface area is 109 Å². The lowest BCUT2D eigenvalue weighted by atomic mass is 10.1. The summed E-state index contributed by atoms with van der Waals surface area (Å²) in [5.74, 6) is -0.166. The molecule has 1 rings (SSSR count). The first-order valence-electron chi connectivity index (χ1n) is 6.47. The van der Waals surface area contributed by atoms with Crippen molar-refractivity contribution < 1.29 is 9.53 Å². The van der Waals surface area contributed by atoms with Crippen molar-refractivity contribution in [2.24, 2.45) is 7.05 Å². The number of hydrogen-bond donors (Lipinski definition) is 1. The molecule has 0 aliphatic heterocycles. The second-order valence-corrected chi connectivity index (χ2v) is 4.35. The van der Waals surface area contributed by atoms with Gasteiger partial charge in [-0.1, -0.05) is 13.3 Å². The van der Waals surface area contributed by atoms with E-state index in [9.17, 15) is 4.79 Å². The molecule has 1 heterocycles. The third kappa shape index (κ3) is 3.84. The fraction of sp³-hybridized carbons (Fsp3) is 0.692. The molecule has 1 aromatic heterocycles. The van der Waals surface area contributed by atoms with Crippen molar-refractivity contribution in [2.75, 3.05) is 6.61 Å². The smallest absolute Gasteiger partial charge is 0.323 e. The van der Waals surface area contributed by atoms with E-state index in [0.717, 1.165) is 24.1 Å². The predicted octanol–water partition coefficient (Wildman–Crippen LogP) is 1.55. The normalized spacial score (nSPS) is 12.4. The molecule has 1 aromatic rings. The summed E-state index contributed by atoms with van der Waals surface area (Å²) < 4.78 is 6.89.